The molecule has 0 saturated heterocycles. The summed E-state index contributed by atoms with van der Waals surface area (Å²) in [6.45, 7) is 0. The Hall–Kier alpha value is -0.990. The monoisotopic (exact) mass is 235 g/mol. The molecule has 1 N–H and O–H groups in total. The van der Waals surface area contributed by atoms with Gasteiger partial charge < -0.3 is 9.67 Å². The number of aliphatic hydroxyl groups is 1. The molecule has 84 valence electrons. The molecule has 1 heterocycles. The molecule has 1 aliphatic carbocycles. The topological polar surface area (TPSA) is 25.2 Å². The molecule has 1 saturated carbocycles. The van der Waals surface area contributed by atoms with Crippen molar-refractivity contribution in [1.29, 1.82) is 0 Å². The second-order valence-corrected chi connectivity index (χ2v) is 5.25. The summed E-state index contributed by atoms with van der Waals surface area (Å²) in [4.78, 5) is 0. The van der Waals surface area contributed by atoms with Gasteiger partial charge in [0, 0.05) is 30.6 Å². The normalized spacial score (nSPS) is 17.9. The van der Waals surface area contributed by atoms with Crippen molar-refractivity contribution in [2.45, 2.75) is 24.9 Å². The van der Waals surface area contributed by atoms with Crippen molar-refractivity contribution in [2.75, 3.05) is 0 Å². The number of rotatable bonds is 2. The number of hydrogen-bond donors (Lipinski definition) is 1. The predicted octanol–water partition coefficient (Wildman–Crippen LogP) is 2.90. The van der Waals surface area contributed by atoms with Crippen molar-refractivity contribution in [2.24, 2.45) is 7.05 Å². The van der Waals surface area contributed by atoms with E-state index in [0.717, 1.165) is 34.3 Å². The lowest BCUT2D eigenvalue weighted by Gasteiger charge is -2.09. The van der Waals surface area contributed by atoms with Gasteiger partial charge in [-0.15, -0.1) is 0 Å². The van der Waals surface area contributed by atoms with E-state index < -0.39 is 5.60 Å². The van der Waals surface area contributed by atoms with Gasteiger partial charge in [-0.2, -0.15) is 0 Å². The molecule has 0 radical (unpaired) electrons. The Bertz CT molecular complexity index is 554. The fraction of sp³-hybridized carbons (Fsp3) is 0.385. The molecule has 1 aromatic carbocycles. The quantitative estimate of drug-likeness (QED) is 0.851. The van der Waals surface area contributed by atoms with E-state index in [0.29, 0.717) is 6.42 Å². The first-order valence-electron chi connectivity index (χ1n) is 5.53. The van der Waals surface area contributed by atoms with Crippen LogP contribution in [0.4, 0.5) is 0 Å². The van der Waals surface area contributed by atoms with Gasteiger partial charge in [0.05, 0.1) is 10.6 Å². The summed E-state index contributed by atoms with van der Waals surface area (Å²) >= 11 is 6.23. The maximum atomic E-state index is 9.92. The van der Waals surface area contributed by atoms with Gasteiger partial charge in [0.15, 0.2) is 0 Å². The first-order chi connectivity index (χ1) is 7.57. The van der Waals surface area contributed by atoms with E-state index >= 15 is 0 Å². The zero-order valence-electron chi connectivity index (χ0n) is 9.20. The second kappa shape index (κ2) is 3.25. The molecule has 1 fully saturated rings. The maximum Gasteiger partial charge on any atom is 0.0690 e. The molecule has 0 atom stereocenters. The molecular weight excluding hydrogens is 222 g/mol. The van der Waals surface area contributed by atoms with Crippen molar-refractivity contribution in [3.8, 4) is 0 Å². The number of aryl methyl sites for hydroxylation is 1. The highest BCUT2D eigenvalue weighted by Gasteiger charge is 2.40. The summed E-state index contributed by atoms with van der Waals surface area (Å²) in [5.41, 5.74) is 1.80. The molecule has 0 unspecified atom stereocenters. The van der Waals surface area contributed by atoms with E-state index in [1.807, 2.05) is 25.4 Å². The van der Waals surface area contributed by atoms with E-state index in [9.17, 15) is 5.11 Å². The van der Waals surface area contributed by atoms with E-state index in [4.69, 9.17) is 11.6 Å². The Morgan fingerprint density at radius 2 is 2.19 bits per heavy atom. The minimum atomic E-state index is -0.456. The van der Waals surface area contributed by atoms with Crippen LogP contribution in [0, 0.1) is 0 Å². The highest BCUT2D eigenvalue weighted by molar-refractivity contribution is 6.35. The molecule has 1 aromatic heterocycles. The van der Waals surface area contributed by atoms with E-state index in [1.54, 1.807) is 0 Å². The zero-order chi connectivity index (χ0) is 11.3. The standard InChI is InChI=1S/C13H14ClNO/c1-15-5-2-10-11(14)6-9(7-12(10)15)8-13(16)3-4-13/h2,5-7,16H,3-4,8H2,1H3. The molecule has 3 rings (SSSR count). The lowest BCUT2D eigenvalue weighted by atomic mass is 10.1. The molecule has 0 amide bonds. The summed E-state index contributed by atoms with van der Waals surface area (Å²) in [7, 11) is 2.01. The molecule has 0 bridgehead atoms. The Kier molecular flexibility index (Phi) is 2.07. The van der Waals surface area contributed by atoms with Gasteiger partial charge in [-0.3, -0.25) is 0 Å². The Morgan fingerprint density at radius 3 is 2.88 bits per heavy atom. The Balaban J connectivity index is 2.08. The smallest absolute Gasteiger partial charge is 0.0690 e. The van der Waals surface area contributed by atoms with Crippen LogP contribution in [0.2, 0.25) is 5.02 Å². The summed E-state index contributed by atoms with van der Waals surface area (Å²) in [6, 6.07) is 6.12. The summed E-state index contributed by atoms with van der Waals surface area (Å²) < 4.78 is 2.06. The van der Waals surface area contributed by atoms with Crippen molar-refractivity contribution in [3.63, 3.8) is 0 Å². The Morgan fingerprint density at radius 1 is 1.44 bits per heavy atom. The minimum absolute atomic E-state index is 0.456. The van der Waals surface area contributed by atoms with Crippen molar-refractivity contribution in [3.05, 3.63) is 35.0 Å². The number of benzene rings is 1. The number of halogens is 1. The molecule has 3 heteroatoms. The number of hydrogen-bond acceptors (Lipinski definition) is 1. The maximum absolute atomic E-state index is 9.92. The van der Waals surface area contributed by atoms with Crippen LogP contribution in [0.15, 0.2) is 24.4 Å². The summed E-state index contributed by atoms with van der Waals surface area (Å²) in [5.74, 6) is 0. The third-order valence-electron chi connectivity index (χ3n) is 3.37. The number of aromatic nitrogens is 1. The van der Waals surface area contributed by atoms with Crippen LogP contribution in [0.1, 0.15) is 18.4 Å². The van der Waals surface area contributed by atoms with Gasteiger partial charge >= 0.3 is 0 Å². The minimum Gasteiger partial charge on any atom is -0.390 e. The van der Waals surface area contributed by atoms with Gasteiger partial charge in [-0.05, 0) is 36.6 Å². The molecule has 2 aromatic rings. The first-order valence-corrected chi connectivity index (χ1v) is 5.91. The lowest BCUT2D eigenvalue weighted by Crippen LogP contribution is -2.10. The van der Waals surface area contributed by atoms with Crippen LogP contribution >= 0.6 is 11.6 Å². The third-order valence-corrected chi connectivity index (χ3v) is 3.69. The molecule has 16 heavy (non-hydrogen) atoms. The molecule has 2 nitrogen and oxygen atoms in total. The summed E-state index contributed by atoms with van der Waals surface area (Å²) in [6.07, 6.45) is 4.55. The van der Waals surface area contributed by atoms with Gasteiger partial charge in [-0.25, -0.2) is 0 Å². The van der Waals surface area contributed by atoms with Crippen LogP contribution in [0.3, 0.4) is 0 Å². The van der Waals surface area contributed by atoms with Crippen LogP contribution in [0.5, 0.6) is 0 Å². The second-order valence-electron chi connectivity index (χ2n) is 4.84. The van der Waals surface area contributed by atoms with E-state index in [-0.39, 0.29) is 0 Å². The van der Waals surface area contributed by atoms with Crippen molar-refractivity contribution in [1.82, 2.24) is 4.57 Å². The van der Waals surface area contributed by atoms with Gasteiger partial charge in [0.1, 0.15) is 0 Å². The van der Waals surface area contributed by atoms with Crippen LogP contribution < -0.4 is 0 Å². The fourth-order valence-electron chi connectivity index (χ4n) is 2.18. The average Bonchev–Trinajstić information content (AvgIpc) is 2.81. The van der Waals surface area contributed by atoms with Crippen LogP contribution in [-0.4, -0.2) is 15.3 Å². The Labute approximate surface area is 99.4 Å². The van der Waals surface area contributed by atoms with E-state index in [2.05, 4.69) is 10.6 Å². The number of nitrogens with zero attached hydrogens (tertiary/aromatic N) is 1. The highest BCUT2D eigenvalue weighted by atomic mass is 35.5. The molecule has 1 aliphatic rings. The highest BCUT2D eigenvalue weighted by Crippen LogP contribution is 2.39. The molecule has 0 spiro atoms. The van der Waals surface area contributed by atoms with E-state index in [1.165, 1.54) is 0 Å². The molecule has 0 aliphatic heterocycles. The fourth-order valence-corrected chi connectivity index (χ4v) is 2.48. The lowest BCUT2D eigenvalue weighted by molar-refractivity contribution is 0.151. The zero-order valence-corrected chi connectivity index (χ0v) is 9.96. The number of fused-ring (bicyclic) bond motifs is 1. The summed E-state index contributed by atoms with van der Waals surface area (Å²) in [5, 5.41) is 11.8. The van der Waals surface area contributed by atoms with Crippen LogP contribution in [-0.2, 0) is 13.5 Å². The van der Waals surface area contributed by atoms with Gasteiger partial charge in [0.25, 0.3) is 0 Å². The largest absolute Gasteiger partial charge is 0.390 e. The third kappa shape index (κ3) is 1.62. The first kappa shape index (κ1) is 10.2. The van der Waals surface area contributed by atoms with Gasteiger partial charge in [-0.1, -0.05) is 11.6 Å². The average molecular weight is 236 g/mol. The van der Waals surface area contributed by atoms with Crippen LogP contribution in [0.25, 0.3) is 10.9 Å². The van der Waals surface area contributed by atoms with Gasteiger partial charge in [0.2, 0.25) is 0 Å². The van der Waals surface area contributed by atoms with Crippen molar-refractivity contribution >= 4 is 22.5 Å². The van der Waals surface area contributed by atoms with Crippen molar-refractivity contribution < 1.29 is 5.11 Å². The predicted molar refractivity (Wildman–Crippen MR) is 65.8 cm³/mol. The SMILES string of the molecule is Cn1ccc2c(Cl)cc(CC3(O)CC3)cc21. The molecular formula is C13H14ClNO.